The lowest BCUT2D eigenvalue weighted by Crippen LogP contribution is -2.04. The van der Waals surface area contributed by atoms with E-state index in [1.54, 1.807) is 6.07 Å². The number of aromatic nitrogens is 1. The van der Waals surface area contributed by atoms with Crippen molar-refractivity contribution in [3.05, 3.63) is 107 Å². The normalized spacial score (nSPS) is 10.4. The van der Waals surface area contributed by atoms with Crippen LogP contribution in [0.2, 0.25) is 0 Å². The first-order valence-corrected chi connectivity index (χ1v) is 9.60. The van der Waals surface area contributed by atoms with Gasteiger partial charge in [0.1, 0.15) is 5.82 Å². The zero-order valence-corrected chi connectivity index (χ0v) is 16.7. The maximum Gasteiger partial charge on any atom is 0.152 e. The van der Waals surface area contributed by atoms with Crippen molar-refractivity contribution in [2.45, 2.75) is 20.0 Å². The third kappa shape index (κ3) is 4.98. The number of nitrogens with zero attached hydrogens (tertiary/aromatic N) is 1. The molecular weight excluding hydrogens is 363 g/mol. The van der Waals surface area contributed by atoms with E-state index in [1.165, 1.54) is 17.7 Å². The molecule has 0 unspecified atom stereocenters. The number of halogens is 1. The molecule has 0 saturated carbocycles. The van der Waals surface area contributed by atoms with Crippen molar-refractivity contribution in [1.82, 2.24) is 9.88 Å². The molecule has 0 fully saturated rings. The van der Waals surface area contributed by atoms with Crippen molar-refractivity contribution in [3.63, 3.8) is 0 Å². The number of fused-ring (bicyclic) bond motifs is 1. The Morgan fingerprint density at radius 2 is 1.62 bits per heavy atom. The van der Waals surface area contributed by atoms with E-state index in [-0.39, 0.29) is 5.82 Å². The Kier molecular flexibility index (Phi) is 6.93. The second-order valence-corrected chi connectivity index (χ2v) is 6.87. The highest BCUT2D eigenvalue weighted by atomic mass is 19.1. The number of hydrogen-bond acceptors (Lipinski definition) is 2. The molecule has 3 nitrogen and oxygen atoms in total. The van der Waals surface area contributed by atoms with Gasteiger partial charge >= 0.3 is 0 Å². The quantitative estimate of drug-likeness (QED) is 0.467. The molecule has 1 aromatic heterocycles. The summed E-state index contributed by atoms with van der Waals surface area (Å²) in [7, 11) is 1.84. The van der Waals surface area contributed by atoms with Gasteiger partial charge < -0.3 is 9.88 Å². The second kappa shape index (κ2) is 9.80. The number of carbonyl (C=O) groups excluding carboxylic acids is 1. The minimum absolute atomic E-state index is 0.173. The van der Waals surface area contributed by atoms with Crippen molar-refractivity contribution in [3.8, 4) is 0 Å². The van der Waals surface area contributed by atoms with E-state index < -0.39 is 0 Å². The molecule has 3 aromatic carbocycles. The van der Waals surface area contributed by atoms with Gasteiger partial charge in [0.25, 0.3) is 0 Å². The Hall–Kier alpha value is -3.24. The zero-order valence-electron chi connectivity index (χ0n) is 16.7. The van der Waals surface area contributed by atoms with Gasteiger partial charge in [0.2, 0.25) is 0 Å². The molecule has 1 heterocycles. The molecule has 4 heteroatoms. The lowest BCUT2D eigenvalue weighted by Gasteiger charge is -2.08. The van der Waals surface area contributed by atoms with E-state index in [0.29, 0.717) is 0 Å². The third-order valence-corrected chi connectivity index (χ3v) is 4.85. The first-order chi connectivity index (χ1) is 14.1. The summed E-state index contributed by atoms with van der Waals surface area (Å²) in [4.78, 5) is 11.3. The van der Waals surface area contributed by atoms with Crippen LogP contribution in [0.5, 0.6) is 0 Å². The highest BCUT2D eigenvalue weighted by Crippen LogP contribution is 2.25. The van der Waals surface area contributed by atoms with Crippen molar-refractivity contribution in [1.29, 1.82) is 0 Å². The molecule has 0 radical (unpaired) electrons. The average molecular weight is 388 g/mol. The SMILES string of the molecule is CNCc1cccc(F)c1.Cc1c(C=O)c2ccccc2n1Cc1ccccc1. The van der Waals surface area contributed by atoms with Crippen LogP contribution in [0.3, 0.4) is 0 Å². The summed E-state index contributed by atoms with van der Waals surface area (Å²) in [5.41, 5.74) is 5.16. The Balaban J connectivity index is 0.000000204. The van der Waals surface area contributed by atoms with E-state index in [2.05, 4.69) is 28.1 Å². The van der Waals surface area contributed by atoms with Gasteiger partial charge in [-0.3, -0.25) is 4.79 Å². The van der Waals surface area contributed by atoms with E-state index in [9.17, 15) is 9.18 Å². The summed E-state index contributed by atoms with van der Waals surface area (Å²) in [5, 5.41) is 3.98. The van der Waals surface area contributed by atoms with E-state index >= 15 is 0 Å². The monoisotopic (exact) mass is 388 g/mol. The Morgan fingerprint density at radius 3 is 2.31 bits per heavy atom. The topological polar surface area (TPSA) is 34.0 Å². The van der Waals surface area contributed by atoms with Gasteiger partial charge in [0, 0.05) is 35.2 Å². The van der Waals surface area contributed by atoms with Crippen LogP contribution < -0.4 is 5.32 Å². The number of hydrogen-bond donors (Lipinski definition) is 1. The molecule has 0 bridgehead atoms. The fraction of sp³-hybridized carbons (Fsp3) is 0.160. The van der Waals surface area contributed by atoms with Crippen LogP contribution in [0.25, 0.3) is 10.9 Å². The molecule has 0 aliphatic rings. The fourth-order valence-electron chi connectivity index (χ4n) is 3.43. The van der Waals surface area contributed by atoms with Crippen molar-refractivity contribution in [2.24, 2.45) is 0 Å². The first kappa shape index (κ1) is 20.5. The highest BCUT2D eigenvalue weighted by molar-refractivity contribution is 5.99. The highest BCUT2D eigenvalue weighted by Gasteiger charge is 2.12. The van der Waals surface area contributed by atoms with Crippen molar-refractivity contribution < 1.29 is 9.18 Å². The maximum absolute atomic E-state index is 12.5. The summed E-state index contributed by atoms with van der Waals surface area (Å²) >= 11 is 0. The number of nitrogens with one attached hydrogen (secondary N) is 1. The van der Waals surface area contributed by atoms with E-state index in [4.69, 9.17) is 0 Å². The summed E-state index contributed by atoms with van der Waals surface area (Å²) in [6.07, 6.45) is 0.957. The minimum atomic E-state index is -0.173. The van der Waals surface area contributed by atoms with Crippen LogP contribution >= 0.6 is 0 Å². The molecule has 0 spiro atoms. The van der Waals surface area contributed by atoms with E-state index in [0.717, 1.165) is 47.1 Å². The van der Waals surface area contributed by atoms with Gasteiger partial charge in [-0.2, -0.15) is 0 Å². The van der Waals surface area contributed by atoms with Crippen LogP contribution in [-0.4, -0.2) is 17.9 Å². The molecule has 0 aliphatic carbocycles. The lowest BCUT2D eigenvalue weighted by atomic mass is 10.1. The number of benzene rings is 3. The van der Waals surface area contributed by atoms with Gasteiger partial charge in [-0.15, -0.1) is 0 Å². The van der Waals surface area contributed by atoms with Gasteiger partial charge in [-0.1, -0.05) is 60.7 Å². The standard InChI is InChI=1S/C17H15NO.C8H10FN/c1-13-16(12-19)15-9-5-6-10-17(15)18(13)11-14-7-3-2-4-8-14;1-10-6-7-3-2-4-8(9)5-7/h2-10,12H,11H2,1H3;2-5,10H,6H2,1H3. The van der Waals surface area contributed by atoms with Crippen LogP contribution in [-0.2, 0) is 13.1 Å². The summed E-state index contributed by atoms with van der Waals surface area (Å²) in [5.74, 6) is -0.173. The summed E-state index contributed by atoms with van der Waals surface area (Å²) < 4.78 is 14.7. The number of para-hydroxylation sites is 1. The maximum atomic E-state index is 12.5. The van der Waals surface area contributed by atoms with Crippen molar-refractivity contribution >= 4 is 17.2 Å². The van der Waals surface area contributed by atoms with E-state index in [1.807, 2.05) is 56.4 Å². The zero-order chi connectivity index (χ0) is 20.6. The lowest BCUT2D eigenvalue weighted by molar-refractivity contribution is 0.112. The Morgan fingerprint density at radius 1 is 0.931 bits per heavy atom. The Labute approximate surface area is 170 Å². The van der Waals surface area contributed by atoms with Gasteiger partial charge in [0.15, 0.2) is 6.29 Å². The molecular formula is C25H25FN2O. The molecule has 0 aliphatic heterocycles. The van der Waals surface area contributed by atoms with Gasteiger partial charge in [0.05, 0.1) is 0 Å². The second-order valence-electron chi connectivity index (χ2n) is 6.87. The van der Waals surface area contributed by atoms with Gasteiger partial charge in [-0.05, 0) is 43.3 Å². The van der Waals surface area contributed by atoms with Gasteiger partial charge in [-0.25, -0.2) is 4.39 Å². The molecule has 0 saturated heterocycles. The van der Waals surface area contributed by atoms with Crippen LogP contribution in [0.4, 0.5) is 4.39 Å². The van der Waals surface area contributed by atoms with Crippen LogP contribution in [0.15, 0.2) is 78.9 Å². The predicted octanol–water partition coefficient (Wildman–Crippen LogP) is 5.36. The number of carbonyl (C=O) groups is 1. The van der Waals surface area contributed by atoms with Crippen LogP contribution in [0, 0.1) is 12.7 Å². The summed E-state index contributed by atoms with van der Waals surface area (Å²) in [6.45, 7) is 3.52. The molecule has 4 rings (SSSR count). The third-order valence-electron chi connectivity index (χ3n) is 4.85. The molecule has 29 heavy (non-hydrogen) atoms. The molecule has 1 N–H and O–H groups in total. The smallest absolute Gasteiger partial charge is 0.152 e. The molecule has 148 valence electrons. The summed E-state index contributed by atoms with van der Waals surface area (Å²) in [6, 6.07) is 24.9. The van der Waals surface area contributed by atoms with Crippen LogP contribution in [0.1, 0.15) is 27.2 Å². The first-order valence-electron chi connectivity index (χ1n) is 9.60. The number of aldehydes is 1. The molecule has 0 atom stereocenters. The fourth-order valence-corrected chi connectivity index (χ4v) is 3.43. The Bertz CT molecular complexity index is 1090. The van der Waals surface area contributed by atoms with Crippen molar-refractivity contribution in [2.75, 3.05) is 7.05 Å². The largest absolute Gasteiger partial charge is 0.340 e. The average Bonchev–Trinajstić information content (AvgIpc) is 3.01. The minimum Gasteiger partial charge on any atom is -0.340 e. The molecule has 0 amide bonds. The molecule has 4 aromatic rings. The number of rotatable bonds is 5. The predicted molar refractivity (Wildman–Crippen MR) is 117 cm³/mol.